The second-order valence-corrected chi connectivity index (χ2v) is 15.3. The van der Waals surface area contributed by atoms with Crippen molar-refractivity contribution in [2.24, 2.45) is 21.2 Å². The maximum atomic E-state index is 13.3. The first kappa shape index (κ1) is 51.4. The normalized spacial score (nSPS) is 13.9. The molecule has 4 rings (SSSR count). The average molecular weight is 850 g/mol. The maximum absolute atomic E-state index is 13.3. The fourth-order valence-corrected chi connectivity index (χ4v) is 4.32. The number of aliphatic imine (C=N–C) groups is 1. The molecule has 12 nitrogen and oxygen atoms in total. The van der Waals surface area contributed by atoms with Crippen LogP contribution in [0.2, 0.25) is 0 Å². The monoisotopic (exact) mass is 849 g/mol. The van der Waals surface area contributed by atoms with Gasteiger partial charge >= 0.3 is 24.5 Å². The maximum Gasteiger partial charge on any atom is 0.423 e. The number of nitrogens with zero attached hydrogens (tertiary/aromatic N) is 7. The number of Topliss-reactive ketones (excluding diaryl/α,β-unsaturated/α-hetero) is 2. The van der Waals surface area contributed by atoms with Gasteiger partial charge in [-0.05, 0) is 18.2 Å². The van der Waals surface area contributed by atoms with Gasteiger partial charge in [-0.2, -0.15) is 39.5 Å². The third-order valence-corrected chi connectivity index (χ3v) is 7.25. The van der Waals surface area contributed by atoms with Gasteiger partial charge in [0.2, 0.25) is 0 Å². The Morgan fingerprint density at radius 3 is 1.49 bits per heavy atom. The van der Waals surface area contributed by atoms with Crippen molar-refractivity contribution in [3.05, 3.63) is 84.0 Å². The number of allylic oxidation sites excluding steroid dienone is 2. The van der Waals surface area contributed by atoms with Gasteiger partial charge in [0, 0.05) is 40.4 Å². The Bertz CT molecular complexity index is 1900. The summed E-state index contributed by atoms with van der Waals surface area (Å²) in [4.78, 5) is 59.3. The minimum Gasteiger partial charge on any atom is -0.505 e. The molecule has 324 valence electrons. The number of rotatable bonds is 5. The Labute approximate surface area is 334 Å². The van der Waals surface area contributed by atoms with E-state index in [2.05, 4.69) is 39.6 Å². The van der Waals surface area contributed by atoms with Gasteiger partial charge in [0.15, 0.2) is 17.2 Å². The molecule has 0 amide bonds. The molecule has 0 spiro atoms. The van der Waals surface area contributed by atoms with Crippen LogP contribution in [-0.4, -0.2) is 90.4 Å². The highest BCUT2D eigenvalue weighted by Crippen LogP contribution is 2.41. The van der Waals surface area contributed by atoms with Gasteiger partial charge in [-0.25, -0.2) is 34.7 Å². The molecule has 0 saturated heterocycles. The first-order valence-corrected chi connectivity index (χ1v) is 17.1. The number of aliphatic hydroxyl groups is 1. The number of aliphatic hydroxyl groups excluding tert-OH is 1. The fourth-order valence-electron chi connectivity index (χ4n) is 4.32. The van der Waals surface area contributed by atoms with Crippen LogP contribution in [-0.2, 0) is 14.3 Å². The number of carbonyl (C=O) groups excluding carboxylic acids is 3. The summed E-state index contributed by atoms with van der Waals surface area (Å²) < 4.78 is 118. The summed E-state index contributed by atoms with van der Waals surface area (Å²) in [6.07, 6.45) is -7.46. The van der Waals surface area contributed by atoms with Crippen LogP contribution in [0, 0.1) is 16.2 Å². The van der Waals surface area contributed by atoms with E-state index in [0.29, 0.717) is 0 Å². The molecule has 0 aliphatic carbocycles. The number of ether oxygens (including phenoxy) is 1. The van der Waals surface area contributed by atoms with E-state index >= 15 is 0 Å². The lowest BCUT2D eigenvalue weighted by atomic mass is 9.84. The Morgan fingerprint density at radius 2 is 1.17 bits per heavy atom. The fraction of sp³-hybridized carbons (Fsp3) is 0.474. The minimum atomic E-state index is -4.96. The standard InChI is InChI=1S/C13H14F3N3.C12H13F3N2O2.C7H11F3O.C6H6N2O2/c1-12(2,3)11-10(13(14,15)16)8(6-18-11)9-4-5-17-7-19-9;1-11(2,3)10(19)8(12(13,14)15)9(18)7-4-5-16-6-17-7;1-6(2,3)5(11)4-7(8,9)10;1-10-6(9)5-2-3-7-4-8-5/h4-5,7H,6H2,1-3H3;4-6,18H,1-3H3;4H2,1-3H3;2-4H,1H3. The zero-order valence-corrected chi connectivity index (χ0v) is 33.7. The highest BCUT2D eigenvalue weighted by Gasteiger charge is 2.47. The number of halogens is 9. The molecule has 3 aromatic heterocycles. The molecule has 21 heteroatoms. The van der Waals surface area contributed by atoms with Gasteiger partial charge < -0.3 is 9.84 Å². The van der Waals surface area contributed by atoms with E-state index in [1.807, 2.05) is 0 Å². The van der Waals surface area contributed by atoms with Crippen molar-refractivity contribution in [2.45, 2.75) is 87.3 Å². The van der Waals surface area contributed by atoms with Crippen LogP contribution in [0.1, 0.15) is 90.6 Å². The number of methoxy groups -OCH3 is 1. The molecule has 1 N–H and O–H groups in total. The quantitative estimate of drug-likeness (QED) is 0.112. The Morgan fingerprint density at radius 1 is 0.695 bits per heavy atom. The van der Waals surface area contributed by atoms with Crippen molar-refractivity contribution in [1.82, 2.24) is 29.9 Å². The van der Waals surface area contributed by atoms with Gasteiger partial charge in [0.25, 0.3) is 0 Å². The molecule has 59 heavy (non-hydrogen) atoms. The zero-order chi connectivity index (χ0) is 45.8. The molecule has 1 aliphatic rings. The van der Waals surface area contributed by atoms with Crippen molar-refractivity contribution in [1.29, 1.82) is 0 Å². The molecule has 0 saturated carbocycles. The zero-order valence-electron chi connectivity index (χ0n) is 33.7. The number of hydrogen-bond donors (Lipinski definition) is 1. The summed E-state index contributed by atoms with van der Waals surface area (Å²) in [6, 6.07) is 4.06. The molecule has 0 atom stereocenters. The van der Waals surface area contributed by atoms with Crippen LogP contribution < -0.4 is 0 Å². The first-order valence-electron chi connectivity index (χ1n) is 17.1. The van der Waals surface area contributed by atoms with E-state index in [-0.39, 0.29) is 34.9 Å². The lowest BCUT2D eigenvalue weighted by Gasteiger charge is -2.23. The molecule has 1 aliphatic heterocycles. The van der Waals surface area contributed by atoms with Crippen molar-refractivity contribution in [3.63, 3.8) is 0 Å². The van der Waals surface area contributed by atoms with Crippen molar-refractivity contribution in [3.8, 4) is 0 Å². The molecular formula is C38H44F9N7O5. The predicted octanol–water partition coefficient (Wildman–Crippen LogP) is 9.03. The van der Waals surface area contributed by atoms with Gasteiger partial charge in [-0.15, -0.1) is 0 Å². The van der Waals surface area contributed by atoms with E-state index in [0.717, 1.165) is 12.4 Å². The van der Waals surface area contributed by atoms with E-state index in [4.69, 9.17) is 0 Å². The van der Waals surface area contributed by atoms with Crippen LogP contribution in [0.15, 0.2) is 71.9 Å². The van der Waals surface area contributed by atoms with Gasteiger partial charge in [0.05, 0.1) is 30.6 Å². The molecule has 3 aromatic rings. The van der Waals surface area contributed by atoms with Crippen LogP contribution in [0.4, 0.5) is 39.5 Å². The third-order valence-electron chi connectivity index (χ3n) is 7.25. The van der Waals surface area contributed by atoms with Gasteiger partial charge in [0.1, 0.15) is 42.5 Å². The topological polar surface area (TPSA) is 170 Å². The molecule has 0 unspecified atom stereocenters. The van der Waals surface area contributed by atoms with Crippen LogP contribution in [0.25, 0.3) is 11.3 Å². The van der Waals surface area contributed by atoms with Crippen molar-refractivity contribution in [2.75, 3.05) is 13.7 Å². The molecule has 0 fully saturated rings. The molecule has 0 aromatic carbocycles. The van der Waals surface area contributed by atoms with E-state index in [1.165, 1.54) is 92.0 Å². The van der Waals surface area contributed by atoms with E-state index in [1.54, 1.807) is 20.8 Å². The number of aromatic nitrogens is 6. The second kappa shape index (κ2) is 20.4. The van der Waals surface area contributed by atoms with Crippen molar-refractivity contribution < 1.29 is 63.7 Å². The first-order chi connectivity index (χ1) is 26.7. The molecular weight excluding hydrogens is 805 g/mol. The SMILES string of the molecule is CC(C)(C)C(=O)C(=C(O)c1ccncn1)C(F)(F)F.CC(C)(C)C(=O)CC(F)(F)F.CC(C)(C)C1=NCC(c2ccncn2)=C1C(F)(F)F.COC(=O)c1ccncn1. The van der Waals surface area contributed by atoms with Crippen LogP contribution >= 0.6 is 0 Å². The number of hydrogen-bond acceptors (Lipinski definition) is 12. The average Bonchev–Trinajstić information content (AvgIpc) is 3.59. The second-order valence-electron chi connectivity index (χ2n) is 15.3. The Balaban J connectivity index is 0.000000409. The molecule has 4 heterocycles. The molecule has 0 bridgehead atoms. The highest BCUT2D eigenvalue weighted by molar-refractivity contribution is 6.13. The number of carbonyl (C=O) groups is 3. The van der Waals surface area contributed by atoms with E-state index < -0.39 is 75.6 Å². The van der Waals surface area contributed by atoms with E-state index in [9.17, 15) is 59.0 Å². The summed E-state index contributed by atoms with van der Waals surface area (Å²) in [5.74, 6) is -3.60. The summed E-state index contributed by atoms with van der Waals surface area (Å²) in [7, 11) is 1.31. The highest BCUT2D eigenvalue weighted by atomic mass is 19.4. The summed E-state index contributed by atoms with van der Waals surface area (Å²) >= 11 is 0. The smallest absolute Gasteiger partial charge is 0.423 e. The number of ketones is 2. The van der Waals surface area contributed by atoms with Gasteiger partial charge in [-0.3, -0.25) is 14.6 Å². The Hall–Kier alpha value is -5.63. The Kier molecular flexibility index (Phi) is 17.7. The summed E-state index contributed by atoms with van der Waals surface area (Å²) in [6.45, 7) is 13.6. The summed E-state index contributed by atoms with van der Waals surface area (Å²) in [5.41, 5.74) is -4.64. The predicted molar refractivity (Wildman–Crippen MR) is 197 cm³/mol. The van der Waals surface area contributed by atoms with Crippen LogP contribution in [0.3, 0.4) is 0 Å². The number of esters is 1. The minimum absolute atomic E-state index is 0.0124. The lowest BCUT2D eigenvalue weighted by Crippen LogP contribution is -2.31. The van der Waals surface area contributed by atoms with Gasteiger partial charge in [-0.1, -0.05) is 62.3 Å². The lowest BCUT2D eigenvalue weighted by molar-refractivity contribution is -0.157. The largest absolute Gasteiger partial charge is 0.505 e. The van der Waals surface area contributed by atoms with Crippen LogP contribution in [0.5, 0.6) is 0 Å². The third kappa shape index (κ3) is 17.0. The number of alkyl halides is 9. The summed E-state index contributed by atoms with van der Waals surface area (Å²) in [5, 5.41) is 9.70. The van der Waals surface area contributed by atoms with Crippen molar-refractivity contribution >= 4 is 34.6 Å². The molecule has 0 radical (unpaired) electrons.